The lowest BCUT2D eigenvalue weighted by Crippen LogP contribution is -2.33. The van der Waals surface area contributed by atoms with Crippen LogP contribution in [0.1, 0.15) is 40.3 Å². The first-order valence-electron chi connectivity index (χ1n) is 10.6. The molecule has 1 saturated heterocycles. The summed E-state index contributed by atoms with van der Waals surface area (Å²) in [5, 5.41) is 13.4. The van der Waals surface area contributed by atoms with Gasteiger partial charge in [-0.2, -0.15) is 0 Å². The van der Waals surface area contributed by atoms with Gasteiger partial charge in [-0.3, -0.25) is 4.98 Å². The Hall–Kier alpha value is -3.23. The number of nitrogens with zero attached hydrogens (tertiary/aromatic N) is 4. The topological polar surface area (TPSA) is 73.6 Å². The Labute approximate surface area is 193 Å². The molecular weight excluding hydrogens is 422 g/mol. The Bertz CT molecular complexity index is 1080. The third kappa shape index (κ3) is 4.51. The maximum Gasteiger partial charge on any atom is 0.335 e. The second-order valence-corrected chi connectivity index (χ2v) is 8.52. The molecule has 0 unspecified atom stereocenters. The van der Waals surface area contributed by atoms with Gasteiger partial charge in [0.1, 0.15) is 0 Å². The van der Waals surface area contributed by atoms with Gasteiger partial charge in [0.15, 0.2) is 5.11 Å². The van der Waals surface area contributed by atoms with E-state index < -0.39 is 5.97 Å². The van der Waals surface area contributed by atoms with E-state index in [4.69, 9.17) is 12.2 Å². The van der Waals surface area contributed by atoms with Crippen molar-refractivity contribution in [3.8, 4) is 5.69 Å². The van der Waals surface area contributed by atoms with E-state index >= 15 is 0 Å². The summed E-state index contributed by atoms with van der Waals surface area (Å²) in [6.45, 7) is 1.79. The van der Waals surface area contributed by atoms with Gasteiger partial charge in [-0.15, -0.1) is 0 Å². The summed E-state index contributed by atoms with van der Waals surface area (Å²) in [5.41, 5.74) is 3.17. The summed E-state index contributed by atoms with van der Waals surface area (Å²) < 4.78 is 2.10. The molecule has 2 N–H and O–H groups in total. The van der Waals surface area contributed by atoms with Crippen LogP contribution < -0.4 is 5.32 Å². The summed E-state index contributed by atoms with van der Waals surface area (Å²) in [6, 6.07) is 16.8. The van der Waals surface area contributed by atoms with Crippen LogP contribution in [0.15, 0.2) is 67.0 Å². The molecule has 1 aliphatic rings. The molecule has 0 radical (unpaired) electrons. The molecule has 2 aromatic heterocycles. The quantitative estimate of drug-likeness (QED) is 0.510. The molecule has 7 nitrogen and oxygen atoms in total. The van der Waals surface area contributed by atoms with E-state index in [-0.39, 0.29) is 17.6 Å². The minimum atomic E-state index is -0.933. The van der Waals surface area contributed by atoms with Crippen LogP contribution >= 0.6 is 12.2 Å². The van der Waals surface area contributed by atoms with Crippen molar-refractivity contribution in [3.05, 3.63) is 83.9 Å². The third-order valence-electron chi connectivity index (χ3n) is 5.68. The zero-order valence-corrected chi connectivity index (χ0v) is 19.0. The summed E-state index contributed by atoms with van der Waals surface area (Å²) in [5.74, 6) is -0.933. The average Bonchev–Trinajstić information content (AvgIpc) is 3.39. The zero-order chi connectivity index (χ0) is 22.7. The Morgan fingerprint density at radius 2 is 1.94 bits per heavy atom. The Kier molecular flexibility index (Phi) is 6.53. The van der Waals surface area contributed by atoms with Gasteiger partial charge in [-0.25, -0.2) is 4.79 Å². The minimum absolute atomic E-state index is 0.0475. The van der Waals surface area contributed by atoms with Crippen LogP contribution in [0.3, 0.4) is 0 Å². The largest absolute Gasteiger partial charge is 0.478 e. The molecule has 0 spiro atoms. The van der Waals surface area contributed by atoms with E-state index in [2.05, 4.69) is 44.8 Å². The number of carbonyl (C=O) groups is 1. The molecule has 2 atom stereocenters. The fourth-order valence-corrected chi connectivity index (χ4v) is 4.49. The second kappa shape index (κ2) is 9.50. The molecule has 1 aromatic carbocycles. The molecule has 3 aromatic rings. The van der Waals surface area contributed by atoms with Crippen molar-refractivity contribution in [3.63, 3.8) is 0 Å². The highest BCUT2D eigenvalue weighted by Crippen LogP contribution is 2.39. The van der Waals surface area contributed by atoms with Gasteiger partial charge in [0.25, 0.3) is 0 Å². The number of thiocarbonyl (C=S) groups is 1. The van der Waals surface area contributed by atoms with Crippen LogP contribution in [-0.2, 0) is 0 Å². The highest BCUT2D eigenvalue weighted by Gasteiger charge is 2.40. The number of hydrogen-bond acceptors (Lipinski definition) is 4. The van der Waals surface area contributed by atoms with Crippen LogP contribution in [0.25, 0.3) is 5.69 Å². The number of aromatic nitrogens is 2. The molecule has 166 valence electrons. The van der Waals surface area contributed by atoms with Crippen LogP contribution in [0.5, 0.6) is 0 Å². The van der Waals surface area contributed by atoms with Crippen molar-refractivity contribution in [2.24, 2.45) is 0 Å². The number of pyridine rings is 1. The maximum absolute atomic E-state index is 11.3. The van der Waals surface area contributed by atoms with E-state index in [1.807, 2.05) is 42.6 Å². The lowest BCUT2D eigenvalue weighted by Gasteiger charge is -2.29. The standard InChI is InChI=1S/C24H27N5O2S/c1-27(2)14-6-16-29-22(21(26-24(29)32)19-7-3-4-13-25-19)20-8-5-15-28(20)18-11-9-17(10-12-18)23(30)31/h3-5,7-13,15,21-22H,6,14,16H2,1-2H3,(H,26,32)(H,30,31)/t21-,22-/m0/s1. The van der Waals surface area contributed by atoms with Crippen molar-refractivity contribution in [2.45, 2.75) is 18.5 Å². The van der Waals surface area contributed by atoms with Gasteiger partial charge >= 0.3 is 5.97 Å². The molecular formula is C24H27N5O2S. The predicted molar refractivity (Wildman–Crippen MR) is 128 cm³/mol. The summed E-state index contributed by atoms with van der Waals surface area (Å²) >= 11 is 5.75. The van der Waals surface area contributed by atoms with Crippen LogP contribution in [-0.4, -0.2) is 62.7 Å². The molecule has 4 rings (SSSR count). The van der Waals surface area contributed by atoms with Crippen LogP contribution in [0.4, 0.5) is 0 Å². The average molecular weight is 450 g/mol. The number of carboxylic acids is 1. The van der Waals surface area contributed by atoms with Crippen molar-refractivity contribution < 1.29 is 9.90 Å². The predicted octanol–water partition coefficient (Wildman–Crippen LogP) is 3.49. The number of rotatable bonds is 8. The number of nitrogens with one attached hydrogen (secondary N) is 1. The third-order valence-corrected chi connectivity index (χ3v) is 6.03. The minimum Gasteiger partial charge on any atom is -0.478 e. The monoisotopic (exact) mass is 449 g/mol. The summed E-state index contributed by atoms with van der Waals surface area (Å²) in [7, 11) is 4.14. The first-order chi connectivity index (χ1) is 15.5. The number of carboxylic acid groups (broad SMARTS) is 1. The SMILES string of the molecule is CN(C)CCCN1C(=S)N[C@@H](c2ccccn2)[C@@H]1c1cccn1-c1ccc(C(=O)O)cc1. The number of aromatic carboxylic acids is 1. The summed E-state index contributed by atoms with van der Waals surface area (Å²) in [6.07, 6.45) is 4.78. The van der Waals surface area contributed by atoms with Crippen LogP contribution in [0, 0.1) is 0 Å². The van der Waals surface area contributed by atoms with Gasteiger partial charge in [0, 0.05) is 30.3 Å². The molecule has 0 saturated carbocycles. The highest BCUT2D eigenvalue weighted by atomic mass is 32.1. The van der Waals surface area contributed by atoms with Gasteiger partial charge in [-0.05, 0) is 87.8 Å². The van der Waals surface area contributed by atoms with E-state index in [1.165, 1.54) is 0 Å². The molecule has 3 heterocycles. The lowest BCUT2D eigenvalue weighted by atomic mass is 10.0. The van der Waals surface area contributed by atoms with Crippen LogP contribution in [0.2, 0.25) is 0 Å². The molecule has 1 aliphatic heterocycles. The van der Waals surface area contributed by atoms with Crippen molar-refractivity contribution >= 4 is 23.3 Å². The van der Waals surface area contributed by atoms with Crippen molar-refractivity contribution in [2.75, 3.05) is 27.2 Å². The maximum atomic E-state index is 11.3. The van der Waals surface area contributed by atoms with Crippen molar-refractivity contribution in [1.29, 1.82) is 0 Å². The fourth-order valence-electron chi connectivity index (χ4n) is 4.16. The molecule has 32 heavy (non-hydrogen) atoms. The Morgan fingerprint density at radius 1 is 1.16 bits per heavy atom. The van der Waals surface area contributed by atoms with Gasteiger partial charge in [-0.1, -0.05) is 6.07 Å². The number of benzene rings is 1. The van der Waals surface area contributed by atoms with E-state index in [1.54, 1.807) is 18.3 Å². The fraction of sp³-hybridized carbons (Fsp3) is 0.292. The molecule has 8 heteroatoms. The molecule has 0 aliphatic carbocycles. The molecule has 1 fully saturated rings. The number of hydrogen-bond donors (Lipinski definition) is 2. The van der Waals surface area contributed by atoms with Gasteiger partial charge < -0.3 is 24.8 Å². The normalized spacial score (nSPS) is 18.2. The van der Waals surface area contributed by atoms with E-state index in [0.29, 0.717) is 0 Å². The Morgan fingerprint density at radius 3 is 2.59 bits per heavy atom. The molecule has 0 bridgehead atoms. The lowest BCUT2D eigenvalue weighted by molar-refractivity contribution is 0.0697. The Balaban J connectivity index is 1.72. The highest BCUT2D eigenvalue weighted by molar-refractivity contribution is 7.80. The zero-order valence-electron chi connectivity index (χ0n) is 18.2. The first kappa shape index (κ1) is 22.0. The van der Waals surface area contributed by atoms with E-state index in [9.17, 15) is 9.90 Å². The molecule has 0 amide bonds. The second-order valence-electron chi connectivity index (χ2n) is 8.13. The summed E-state index contributed by atoms with van der Waals surface area (Å²) in [4.78, 5) is 20.3. The van der Waals surface area contributed by atoms with Gasteiger partial charge in [0.2, 0.25) is 0 Å². The van der Waals surface area contributed by atoms with Crippen molar-refractivity contribution in [1.82, 2.24) is 24.7 Å². The van der Waals surface area contributed by atoms with Gasteiger partial charge in [0.05, 0.1) is 23.3 Å². The smallest absolute Gasteiger partial charge is 0.335 e. The van der Waals surface area contributed by atoms with E-state index in [0.717, 1.165) is 41.7 Å². The first-order valence-corrected chi connectivity index (χ1v) is 11.0.